The van der Waals surface area contributed by atoms with E-state index >= 15 is 0 Å². The number of hydrogen-bond acceptors (Lipinski definition) is 7. The fraction of sp³-hybridized carbons (Fsp3) is 0.0800. The van der Waals surface area contributed by atoms with Gasteiger partial charge in [0.1, 0.15) is 0 Å². The van der Waals surface area contributed by atoms with E-state index in [-0.39, 0.29) is 23.0 Å². The molecule has 35 heavy (non-hydrogen) atoms. The van der Waals surface area contributed by atoms with E-state index in [1.807, 2.05) is 19.1 Å². The standard InChI is InChI=1S/C25H16Br2N2O6/c1-13-3-5-16(6-4-13)24(30)34-22-18(26)10-15(11-19(22)27)12-20-25(31)35-23(28-20)17-7-8-21(29(32)33)14(2)9-17/h3-12H,1-2H3/b20-12-. The number of aryl methyl sites for hydroxylation is 2. The Bertz CT molecular complexity index is 1420. The van der Waals surface area contributed by atoms with Crippen LogP contribution in [0.2, 0.25) is 0 Å². The molecule has 0 atom stereocenters. The van der Waals surface area contributed by atoms with Crippen LogP contribution in [-0.4, -0.2) is 22.8 Å². The Hall–Kier alpha value is -3.63. The first-order valence-electron chi connectivity index (χ1n) is 10.2. The monoisotopic (exact) mass is 598 g/mol. The number of nitro groups is 1. The van der Waals surface area contributed by atoms with Crippen molar-refractivity contribution in [3.8, 4) is 5.75 Å². The molecule has 0 aromatic heterocycles. The summed E-state index contributed by atoms with van der Waals surface area (Å²) in [5.74, 6) is -0.819. The van der Waals surface area contributed by atoms with Crippen molar-refractivity contribution in [1.29, 1.82) is 0 Å². The summed E-state index contributed by atoms with van der Waals surface area (Å²) in [6.07, 6.45) is 1.52. The van der Waals surface area contributed by atoms with Crippen LogP contribution in [0.4, 0.5) is 5.69 Å². The Morgan fingerprint density at radius 2 is 1.71 bits per heavy atom. The van der Waals surface area contributed by atoms with E-state index in [4.69, 9.17) is 9.47 Å². The summed E-state index contributed by atoms with van der Waals surface area (Å²) >= 11 is 6.81. The zero-order valence-electron chi connectivity index (χ0n) is 18.4. The molecule has 0 bridgehead atoms. The van der Waals surface area contributed by atoms with Gasteiger partial charge in [0.2, 0.25) is 5.90 Å². The molecule has 8 nitrogen and oxygen atoms in total. The van der Waals surface area contributed by atoms with Gasteiger partial charge in [0.05, 0.1) is 19.4 Å². The number of carbonyl (C=O) groups excluding carboxylic acids is 2. The van der Waals surface area contributed by atoms with Crippen molar-refractivity contribution < 1.29 is 24.0 Å². The lowest BCUT2D eigenvalue weighted by atomic mass is 10.1. The zero-order valence-corrected chi connectivity index (χ0v) is 21.5. The molecule has 176 valence electrons. The van der Waals surface area contributed by atoms with Crippen LogP contribution in [-0.2, 0) is 9.53 Å². The molecular formula is C25H16Br2N2O6. The molecule has 0 unspecified atom stereocenters. The van der Waals surface area contributed by atoms with E-state index in [2.05, 4.69) is 36.9 Å². The summed E-state index contributed by atoms with van der Waals surface area (Å²) in [6.45, 7) is 3.52. The fourth-order valence-electron chi connectivity index (χ4n) is 3.29. The van der Waals surface area contributed by atoms with Crippen molar-refractivity contribution in [2.75, 3.05) is 0 Å². The molecule has 0 spiro atoms. The largest absolute Gasteiger partial charge is 0.421 e. The van der Waals surface area contributed by atoms with Crippen molar-refractivity contribution in [3.63, 3.8) is 0 Å². The van der Waals surface area contributed by atoms with Gasteiger partial charge in [-0.05, 0) is 93.7 Å². The average molecular weight is 600 g/mol. The number of cyclic esters (lactones) is 1. The Morgan fingerprint density at radius 1 is 1.06 bits per heavy atom. The number of carbonyl (C=O) groups is 2. The minimum Gasteiger partial charge on any atom is -0.421 e. The minimum atomic E-state index is -0.655. The Kier molecular flexibility index (Phi) is 6.95. The Labute approximate surface area is 216 Å². The summed E-state index contributed by atoms with van der Waals surface area (Å²) in [5, 5.41) is 11.0. The van der Waals surface area contributed by atoms with Gasteiger partial charge < -0.3 is 9.47 Å². The molecule has 3 aromatic carbocycles. The number of ether oxygens (including phenoxy) is 2. The average Bonchev–Trinajstić information content (AvgIpc) is 3.16. The molecule has 0 N–H and O–H groups in total. The first-order chi connectivity index (χ1) is 16.6. The normalized spacial score (nSPS) is 14.0. The lowest BCUT2D eigenvalue weighted by Gasteiger charge is -2.10. The maximum absolute atomic E-state index is 12.5. The van der Waals surface area contributed by atoms with Gasteiger partial charge in [0.25, 0.3) is 5.69 Å². The number of aliphatic imine (C=N–C) groups is 1. The SMILES string of the molecule is Cc1ccc(C(=O)Oc2c(Br)cc(/C=C3\N=C(c4ccc([N+](=O)[O-])c(C)c4)OC3=O)cc2Br)cc1. The van der Waals surface area contributed by atoms with Crippen molar-refractivity contribution >= 4 is 61.5 Å². The van der Waals surface area contributed by atoms with Gasteiger partial charge in [-0.1, -0.05) is 17.7 Å². The summed E-state index contributed by atoms with van der Waals surface area (Å²) in [6, 6.07) is 14.7. The lowest BCUT2D eigenvalue weighted by molar-refractivity contribution is -0.385. The number of nitrogens with zero attached hydrogens (tertiary/aromatic N) is 2. The molecule has 1 heterocycles. The molecule has 0 radical (unpaired) electrons. The van der Waals surface area contributed by atoms with Crippen LogP contribution in [0.25, 0.3) is 6.08 Å². The zero-order chi connectivity index (χ0) is 25.3. The predicted octanol–water partition coefficient (Wildman–Crippen LogP) is 6.30. The van der Waals surface area contributed by atoms with Gasteiger partial charge in [0.15, 0.2) is 11.4 Å². The van der Waals surface area contributed by atoms with Gasteiger partial charge in [0, 0.05) is 17.2 Å². The van der Waals surface area contributed by atoms with Gasteiger partial charge >= 0.3 is 11.9 Å². The van der Waals surface area contributed by atoms with Crippen LogP contribution in [0.5, 0.6) is 5.75 Å². The molecule has 3 aromatic rings. The van der Waals surface area contributed by atoms with Gasteiger partial charge in [-0.15, -0.1) is 0 Å². The van der Waals surface area contributed by atoms with Crippen molar-refractivity contribution in [1.82, 2.24) is 0 Å². The lowest BCUT2D eigenvalue weighted by Crippen LogP contribution is -2.09. The highest BCUT2D eigenvalue weighted by molar-refractivity contribution is 9.11. The van der Waals surface area contributed by atoms with Crippen LogP contribution in [0, 0.1) is 24.0 Å². The van der Waals surface area contributed by atoms with Crippen LogP contribution < -0.4 is 4.74 Å². The van der Waals surface area contributed by atoms with E-state index in [1.54, 1.807) is 31.2 Å². The first kappa shape index (κ1) is 24.5. The topological polar surface area (TPSA) is 108 Å². The van der Waals surface area contributed by atoms with Gasteiger partial charge in [-0.25, -0.2) is 14.6 Å². The highest BCUT2D eigenvalue weighted by Gasteiger charge is 2.26. The van der Waals surface area contributed by atoms with E-state index in [0.29, 0.717) is 31.2 Å². The molecule has 0 amide bonds. The maximum Gasteiger partial charge on any atom is 0.363 e. The Balaban J connectivity index is 1.58. The minimum absolute atomic E-state index is 0.0349. The highest BCUT2D eigenvalue weighted by Crippen LogP contribution is 2.36. The summed E-state index contributed by atoms with van der Waals surface area (Å²) in [4.78, 5) is 39.7. The highest BCUT2D eigenvalue weighted by atomic mass is 79.9. The number of rotatable bonds is 5. The van der Waals surface area contributed by atoms with Crippen LogP contribution in [0.1, 0.15) is 32.6 Å². The van der Waals surface area contributed by atoms with E-state index in [1.165, 1.54) is 24.3 Å². The molecule has 0 aliphatic carbocycles. The van der Waals surface area contributed by atoms with Gasteiger partial charge in [-0.2, -0.15) is 0 Å². The molecule has 0 saturated heterocycles. The van der Waals surface area contributed by atoms with Gasteiger partial charge in [-0.3, -0.25) is 10.1 Å². The van der Waals surface area contributed by atoms with E-state index in [9.17, 15) is 19.7 Å². The van der Waals surface area contributed by atoms with Crippen LogP contribution in [0.15, 0.2) is 74.2 Å². The molecule has 1 aliphatic rings. The molecule has 0 fully saturated rings. The second-order valence-electron chi connectivity index (χ2n) is 7.66. The smallest absolute Gasteiger partial charge is 0.363 e. The third-order valence-corrected chi connectivity index (χ3v) is 6.25. The first-order valence-corrected chi connectivity index (χ1v) is 11.8. The third-order valence-electron chi connectivity index (χ3n) is 5.07. The summed E-state index contributed by atoms with van der Waals surface area (Å²) < 4.78 is 11.8. The number of benzene rings is 3. The quantitative estimate of drug-likeness (QED) is 0.112. The maximum atomic E-state index is 12.5. The molecule has 0 saturated carbocycles. The summed E-state index contributed by atoms with van der Waals surface area (Å²) in [7, 11) is 0. The van der Waals surface area contributed by atoms with Crippen LogP contribution in [0.3, 0.4) is 0 Å². The van der Waals surface area contributed by atoms with Crippen LogP contribution >= 0.6 is 31.9 Å². The second kappa shape index (κ2) is 9.93. The predicted molar refractivity (Wildman–Crippen MR) is 136 cm³/mol. The molecular weight excluding hydrogens is 584 g/mol. The third kappa shape index (κ3) is 5.39. The molecule has 4 rings (SSSR count). The number of halogens is 2. The van der Waals surface area contributed by atoms with Crippen molar-refractivity contribution in [3.05, 3.63) is 107 Å². The van der Waals surface area contributed by atoms with E-state index < -0.39 is 16.9 Å². The fourth-order valence-corrected chi connectivity index (χ4v) is 4.67. The van der Waals surface area contributed by atoms with Crippen molar-refractivity contribution in [2.24, 2.45) is 4.99 Å². The summed E-state index contributed by atoms with van der Waals surface area (Å²) in [5.41, 5.74) is 2.93. The molecule has 10 heteroatoms. The number of hydrogen-bond donors (Lipinski definition) is 0. The number of nitro benzene ring substituents is 1. The Morgan fingerprint density at radius 3 is 2.31 bits per heavy atom. The van der Waals surface area contributed by atoms with E-state index in [0.717, 1.165) is 5.56 Å². The number of esters is 2. The second-order valence-corrected chi connectivity index (χ2v) is 9.37. The molecule has 1 aliphatic heterocycles. The van der Waals surface area contributed by atoms with Crippen molar-refractivity contribution in [2.45, 2.75) is 13.8 Å².